The molecule has 1 fully saturated rings. The van der Waals surface area contributed by atoms with E-state index in [1.54, 1.807) is 17.0 Å². The number of benzene rings is 3. The fourth-order valence-electron chi connectivity index (χ4n) is 3.84. The summed E-state index contributed by atoms with van der Waals surface area (Å²) in [5, 5.41) is 9.01. The van der Waals surface area contributed by atoms with Crippen molar-refractivity contribution in [2.75, 3.05) is 0 Å². The number of amides is 1. The molecule has 2 atom stereocenters. The predicted molar refractivity (Wildman–Crippen MR) is 123 cm³/mol. The van der Waals surface area contributed by atoms with Gasteiger partial charge in [-0.15, -0.1) is 0 Å². The number of carboxylic acids is 1. The Hall–Kier alpha value is -3.39. The summed E-state index contributed by atoms with van der Waals surface area (Å²) < 4.78 is 26.4. The molecule has 3 aromatic carbocycles. The van der Waals surface area contributed by atoms with Crippen LogP contribution in [-0.2, 0) is 22.5 Å². The van der Waals surface area contributed by atoms with Crippen molar-refractivity contribution in [3.63, 3.8) is 0 Å². The van der Waals surface area contributed by atoms with Gasteiger partial charge in [-0.3, -0.25) is 9.69 Å². The topological polar surface area (TPSA) is 76.1 Å². The molecule has 1 aliphatic heterocycles. The van der Waals surface area contributed by atoms with Gasteiger partial charge in [0.05, 0.1) is 19.0 Å². The number of carboxylic acid groups (broad SMARTS) is 1. The Kier molecular flexibility index (Phi) is 6.65. The number of ether oxygens (including phenoxy) is 2. The van der Waals surface area contributed by atoms with Gasteiger partial charge in [-0.1, -0.05) is 46.3 Å². The van der Waals surface area contributed by atoms with Gasteiger partial charge in [0.15, 0.2) is 0 Å². The lowest BCUT2D eigenvalue weighted by atomic mass is 10.0. The van der Waals surface area contributed by atoms with Gasteiger partial charge in [0.2, 0.25) is 0 Å². The maximum Gasteiger partial charge on any atom is 0.411 e. The first-order chi connectivity index (χ1) is 15.8. The summed E-state index contributed by atoms with van der Waals surface area (Å²) in [6, 6.07) is 18.5. The first-order valence-corrected chi connectivity index (χ1v) is 11.1. The van der Waals surface area contributed by atoms with E-state index in [1.807, 2.05) is 43.3 Å². The van der Waals surface area contributed by atoms with E-state index < -0.39 is 24.0 Å². The highest BCUT2D eigenvalue weighted by molar-refractivity contribution is 9.10. The monoisotopic (exact) mass is 513 g/mol. The molecule has 1 aliphatic rings. The Balaban J connectivity index is 1.59. The molecule has 0 aliphatic carbocycles. The van der Waals surface area contributed by atoms with Crippen molar-refractivity contribution in [3.8, 4) is 11.5 Å². The van der Waals surface area contributed by atoms with E-state index >= 15 is 0 Å². The summed E-state index contributed by atoms with van der Waals surface area (Å²) in [5.41, 5.74) is 1.89. The zero-order valence-corrected chi connectivity index (χ0v) is 19.3. The molecular weight excluding hydrogens is 493 g/mol. The van der Waals surface area contributed by atoms with Crippen molar-refractivity contribution in [3.05, 3.63) is 93.7 Å². The maximum atomic E-state index is 14.0. The first kappa shape index (κ1) is 22.8. The second kappa shape index (κ2) is 9.62. The van der Waals surface area contributed by atoms with Crippen molar-refractivity contribution >= 4 is 28.0 Å². The van der Waals surface area contributed by atoms with E-state index in [4.69, 9.17) is 14.6 Å². The number of hydrogen-bond donors (Lipinski definition) is 1. The Labute approximate surface area is 198 Å². The summed E-state index contributed by atoms with van der Waals surface area (Å²) in [7, 11) is 0. The van der Waals surface area contributed by atoms with Crippen LogP contribution in [0.4, 0.5) is 9.18 Å². The molecule has 4 rings (SSSR count). The van der Waals surface area contributed by atoms with Crippen molar-refractivity contribution in [1.29, 1.82) is 0 Å². The summed E-state index contributed by atoms with van der Waals surface area (Å²) in [6.07, 6.45) is -1.15. The van der Waals surface area contributed by atoms with Gasteiger partial charge >= 0.3 is 12.1 Å². The van der Waals surface area contributed by atoms with Gasteiger partial charge in [-0.2, -0.15) is 0 Å². The van der Waals surface area contributed by atoms with E-state index in [9.17, 15) is 14.0 Å². The molecule has 3 aromatic rings. The minimum absolute atomic E-state index is 0.175. The van der Waals surface area contributed by atoms with Gasteiger partial charge in [0, 0.05) is 16.1 Å². The van der Waals surface area contributed by atoms with Crippen LogP contribution >= 0.6 is 15.9 Å². The lowest BCUT2D eigenvalue weighted by Crippen LogP contribution is -2.31. The molecular formula is C25H21BrFNO5. The average molecular weight is 514 g/mol. The number of nitrogens with zero attached hydrogens (tertiary/aromatic N) is 1. The standard InChI is InChI=1S/C25H21BrFNO5/c1-15-24(17-5-3-2-4-6-17)33-25(31)28(15)14-18-12-19(26)7-8-22(18)32-21-10-16(11-23(29)30)9-20(27)13-21/h2-10,12-13,15,24H,11,14H2,1H3,(H,29,30). The minimum Gasteiger partial charge on any atom is -0.481 e. The number of hydrogen-bond acceptors (Lipinski definition) is 4. The average Bonchev–Trinajstić information content (AvgIpc) is 3.03. The zero-order valence-electron chi connectivity index (χ0n) is 17.7. The Morgan fingerprint density at radius 1 is 1.15 bits per heavy atom. The van der Waals surface area contributed by atoms with Crippen molar-refractivity contribution in [2.45, 2.75) is 32.0 Å². The van der Waals surface area contributed by atoms with Crippen LogP contribution in [0.15, 0.2) is 71.2 Å². The van der Waals surface area contributed by atoms with E-state index in [1.165, 1.54) is 12.1 Å². The lowest BCUT2D eigenvalue weighted by Gasteiger charge is -2.22. The van der Waals surface area contributed by atoms with Gasteiger partial charge in [-0.25, -0.2) is 9.18 Å². The van der Waals surface area contributed by atoms with E-state index in [0.29, 0.717) is 16.9 Å². The second-order valence-corrected chi connectivity index (χ2v) is 8.72. The molecule has 1 heterocycles. The summed E-state index contributed by atoms with van der Waals surface area (Å²) in [5.74, 6) is -1.06. The van der Waals surface area contributed by atoms with Crippen molar-refractivity contribution in [1.82, 2.24) is 4.90 Å². The highest BCUT2D eigenvalue weighted by Crippen LogP contribution is 2.36. The van der Waals surface area contributed by atoms with E-state index in [0.717, 1.165) is 16.1 Å². The minimum atomic E-state index is -1.06. The second-order valence-electron chi connectivity index (χ2n) is 7.80. The number of carbonyl (C=O) groups excluding carboxylic acids is 1. The van der Waals surface area contributed by atoms with Crippen LogP contribution in [0.25, 0.3) is 0 Å². The fraction of sp³-hybridized carbons (Fsp3) is 0.200. The third kappa shape index (κ3) is 5.34. The highest BCUT2D eigenvalue weighted by Gasteiger charge is 2.39. The van der Waals surface area contributed by atoms with Crippen LogP contribution in [0.1, 0.15) is 29.7 Å². The summed E-state index contributed by atoms with van der Waals surface area (Å²) >= 11 is 3.44. The largest absolute Gasteiger partial charge is 0.481 e. The van der Waals surface area contributed by atoms with Crippen LogP contribution < -0.4 is 4.74 Å². The van der Waals surface area contributed by atoms with Gasteiger partial charge < -0.3 is 14.6 Å². The lowest BCUT2D eigenvalue weighted by molar-refractivity contribution is -0.136. The third-order valence-corrected chi connectivity index (χ3v) is 5.89. The Morgan fingerprint density at radius 3 is 2.64 bits per heavy atom. The third-order valence-electron chi connectivity index (χ3n) is 5.40. The fourth-order valence-corrected chi connectivity index (χ4v) is 4.25. The molecule has 8 heteroatoms. The van der Waals surface area contributed by atoms with Crippen molar-refractivity contribution < 1.29 is 28.6 Å². The maximum absolute atomic E-state index is 14.0. The molecule has 0 spiro atoms. The first-order valence-electron chi connectivity index (χ1n) is 10.3. The van der Waals surface area contributed by atoms with Crippen LogP contribution in [-0.4, -0.2) is 28.1 Å². The number of halogens is 2. The quantitative estimate of drug-likeness (QED) is 0.413. The summed E-state index contributed by atoms with van der Waals surface area (Å²) in [4.78, 5) is 25.3. The van der Waals surface area contributed by atoms with Crippen molar-refractivity contribution in [2.24, 2.45) is 0 Å². The zero-order chi connectivity index (χ0) is 23.5. The van der Waals surface area contributed by atoms with Crippen LogP contribution in [0.2, 0.25) is 0 Å². The van der Waals surface area contributed by atoms with Crippen LogP contribution in [0.3, 0.4) is 0 Å². The number of cyclic esters (lactones) is 1. The Bertz CT molecular complexity index is 1190. The number of carbonyl (C=O) groups is 2. The predicted octanol–water partition coefficient (Wildman–Crippen LogP) is 6.09. The molecule has 1 N–H and O–H groups in total. The summed E-state index contributed by atoms with van der Waals surface area (Å²) in [6.45, 7) is 2.14. The molecule has 0 saturated carbocycles. The van der Waals surface area contributed by atoms with Gasteiger partial charge in [0.1, 0.15) is 23.4 Å². The molecule has 6 nitrogen and oxygen atoms in total. The van der Waals surface area contributed by atoms with Crippen LogP contribution in [0, 0.1) is 5.82 Å². The van der Waals surface area contributed by atoms with Crippen LogP contribution in [0.5, 0.6) is 11.5 Å². The van der Waals surface area contributed by atoms with Gasteiger partial charge in [0.25, 0.3) is 0 Å². The Morgan fingerprint density at radius 2 is 1.91 bits per heavy atom. The molecule has 0 radical (unpaired) electrons. The molecule has 170 valence electrons. The molecule has 0 aromatic heterocycles. The highest BCUT2D eigenvalue weighted by atomic mass is 79.9. The molecule has 1 amide bonds. The smallest absolute Gasteiger partial charge is 0.411 e. The SMILES string of the molecule is CC1C(c2ccccc2)OC(=O)N1Cc1cc(Br)ccc1Oc1cc(F)cc(CC(=O)O)c1. The number of aliphatic carboxylic acids is 1. The molecule has 2 unspecified atom stereocenters. The number of rotatable bonds is 7. The van der Waals surface area contributed by atoms with E-state index in [2.05, 4.69) is 15.9 Å². The van der Waals surface area contributed by atoms with E-state index in [-0.39, 0.29) is 24.8 Å². The van der Waals surface area contributed by atoms with Gasteiger partial charge in [-0.05, 0) is 48.4 Å². The molecule has 1 saturated heterocycles. The molecule has 33 heavy (non-hydrogen) atoms. The normalized spacial score (nSPS) is 17.7. The molecule has 0 bridgehead atoms.